The fourth-order valence-electron chi connectivity index (χ4n) is 11.3. The standard InChI is InChI=1S/C56H88N8O12/c1-13-37(7)50(42(74-11)33-47(69)63-32-21-25-41(63)51(75-12)38(8)52(70)58-56(55(73)76-14-2)34-40(56)39-23-17-15-18-24-39)62(10)49(36(5)6)54(72)57-53(71)48(35(3)4)61(9)30-22-27-44(66)60-59-43(65)26-19-16-20-31-64-45(67)28-29-46(64)68/h15,17-18,23-24,28-29,35-38,40-42,48-51H,13-14,16,19-22,25-27,30-34H2,1-12H3,(H,58,70)(H,59,65)(H,60,66)(H,57,71,72)/t37-,38+,40+,41-,42+,48-,49-,50-,51+,56-/m0/s1. The van der Waals surface area contributed by atoms with Crippen LogP contribution in [0.5, 0.6) is 0 Å². The number of methoxy groups -OCH3 is 2. The highest BCUT2D eigenvalue weighted by molar-refractivity contribution is 6.12. The Hall–Kier alpha value is -5.57. The minimum atomic E-state index is -1.20. The largest absolute Gasteiger partial charge is 0.464 e. The van der Waals surface area contributed by atoms with Crippen LogP contribution in [0.1, 0.15) is 138 Å². The van der Waals surface area contributed by atoms with Gasteiger partial charge in [0, 0.05) is 64.3 Å². The average Bonchev–Trinajstić information content (AvgIpc) is 3.73. The molecule has 8 amide bonds. The topological polar surface area (TPSA) is 242 Å². The molecule has 0 spiro atoms. The number of amides is 8. The van der Waals surface area contributed by atoms with Gasteiger partial charge >= 0.3 is 5.97 Å². The Balaban J connectivity index is 1.34. The maximum atomic E-state index is 14.6. The predicted molar refractivity (Wildman–Crippen MR) is 285 cm³/mol. The molecule has 2 aliphatic heterocycles. The van der Waals surface area contributed by atoms with Gasteiger partial charge in [0.1, 0.15) is 5.54 Å². The van der Waals surface area contributed by atoms with E-state index in [1.807, 2.05) is 81.8 Å². The van der Waals surface area contributed by atoms with Gasteiger partial charge in [0.05, 0.1) is 49.3 Å². The molecule has 0 radical (unpaired) electrons. The maximum Gasteiger partial charge on any atom is 0.332 e. The third-order valence-electron chi connectivity index (χ3n) is 15.5. The van der Waals surface area contributed by atoms with E-state index in [2.05, 4.69) is 28.4 Å². The zero-order valence-corrected chi connectivity index (χ0v) is 47.2. The number of ether oxygens (including phenoxy) is 3. The Bertz CT molecular complexity index is 2170. The lowest BCUT2D eigenvalue weighted by molar-refractivity contribution is -0.150. The van der Waals surface area contributed by atoms with Crippen molar-refractivity contribution in [2.45, 2.75) is 174 Å². The van der Waals surface area contributed by atoms with Crippen LogP contribution >= 0.6 is 0 Å². The molecule has 4 rings (SSSR count). The van der Waals surface area contributed by atoms with Crippen LogP contribution in [0.2, 0.25) is 0 Å². The molecule has 3 aliphatic rings. The minimum Gasteiger partial charge on any atom is -0.464 e. The molecule has 1 aromatic carbocycles. The minimum absolute atomic E-state index is 0.0167. The van der Waals surface area contributed by atoms with E-state index >= 15 is 0 Å². The SMILES string of the molecule is CCOC(=O)[C@]1(NC(=O)[C@H](C)[C@@H](OC)[C@@H]2CCCN2C(=O)C[C@@H](OC)[C@H]([C@@H](C)CC)N(C)[C@H](C(=O)NC(=O)[C@H](C(C)C)N(C)CCCC(=O)NNC(=O)CCCCCN2C(=O)C=CC2=O)C(C)C)C[C@@H]1c1ccccc1. The molecule has 76 heavy (non-hydrogen) atoms. The van der Waals surface area contributed by atoms with Gasteiger partial charge in [0.15, 0.2) is 0 Å². The molecule has 2 heterocycles. The van der Waals surface area contributed by atoms with Crippen molar-refractivity contribution in [3.8, 4) is 0 Å². The highest BCUT2D eigenvalue weighted by Crippen LogP contribution is 2.52. The first kappa shape index (κ1) is 63.0. The third-order valence-corrected chi connectivity index (χ3v) is 15.5. The van der Waals surface area contributed by atoms with Gasteiger partial charge in [-0.2, -0.15) is 0 Å². The van der Waals surface area contributed by atoms with Gasteiger partial charge in [-0.15, -0.1) is 0 Å². The van der Waals surface area contributed by atoms with Gasteiger partial charge in [-0.3, -0.25) is 69.2 Å². The lowest BCUT2D eigenvalue weighted by Crippen LogP contribution is -2.60. The number of hydrazine groups is 1. The van der Waals surface area contributed by atoms with Gasteiger partial charge in [0.25, 0.3) is 11.8 Å². The molecule has 20 heteroatoms. The van der Waals surface area contributed by atoms with Gasteiger partial charge in [-0.05, 0) is 89.4 Å². The van der Waals surface area contributed by atoms with E-state index in [9.17, 15) is 43.2 Å². The molecule has 0 unspecified atom stereocenters. The van der Waals surface area contributed by atoms with Crippen LogP contribution < -0.4 is 21.5 Å². The number of likely N-dealkylation sites (tertiary alicyclic amines) is 1. The van der Waals surface area contributed by atoms with Crippen molar-refractivity contribution in [2.75, 3.05) is 54.6 Å². The van der Waals surface area contributed by atoms with Crippen molar-refractivity contribution in [1.29, 1.82) is 0 Å². The van der Waals surface area contributed by atoms with Crippen molar-refractivity contribution in [3.63, 3.8) is 0 Å². The van der Waals surface area contributed by atoms with E-state index < -0.39 is 71.5 Å². The smallest absolute Gasteiger partial charge is 0.332 e. The molecule has 1 aliphatic carbocycles. The Morgan fingerprint density at radius 1 is 0.776 bits per heavy atom. The second-order valence-corrected chi connectivity index (χ2v) is 21.5. The second-order valence-electron chi connectivity index (χ2n) is 21.5. The molecule has 1 saturated carbocycles. The average molecular weight is 1070 g/mol. The first-order chi connectivity index (χ1) is 36.1. The summed E-state index contributed by atoms with van der Waals surface area (Å²) < 4.78 is 17.6. The Labute approximate surface area is 450 Å². The number of unbranched alkanes of at least 4 members (excludes halogenated alkanes) is 2. The van der Waals surface area contributed by atoms with E-state index in [0.29, 0.717) is 64.5 Å². The number of rotatable bonds is 31. The number of carbonyl (C=O) groups excluding carboxylic acids is 9. The van der Waals surface area contributed by atoms with Crippen molar-refractivity contribution < 1.29 is 57.4 Å². The van der Waals surface area contributed by atoms with Crippen LogP contribution in [-0.2, 0) is 57.4 Å². The highest BCUT2D eigenvalue weighted by Gasteiger charge is 2.63. The Morgan fingerprint density at radius 3 is 1.95 bits per heavy atom. The molecule has 0 bridgehead atoms. The summed E-state index contributed by atoms with van der Waals surface area (Å²) in [6, 6.07) is 7.18. The van der Waals surface area contributed by atoms with E-state index in [-0.39, 0.29) is 85.6 Å². The number of esters is 1. The first-order valence-corrected chi connectivity index (χ1v) is 27.4. The molecule has 0 aromatic heterocycles. The van der Waals surface area contributed by atoms with Gasteiger partial charge in [-0.1, -0.05) is 91.6 Å². The van der Waals surface area contributed by atoms with Gasteiger partial charge in [0.2, 0.25) is 35.4 Å². The van der Waals surface area contributed by atoms with Crippen molar-refractivity contribution in [3.05, 3.63) is 48.0 Å². The lowest BCUT2D eigenvalue weighted by atomic mass is 9.87. The molecule has 4 N–H and O–H groups in total. The van der Waals surface area contributed by atoms with E-state index in [1.54, 1.807) is 32.9 Å². The number of nitrogens with one attached hydrogen (secondary N) is 4. The van der Waals surface area contributed by atoms with Crippen LogP contribution in [0, 0.1) is 23.7 Å². The number of hydrogen-bond acceptors (Lipinski definition) is 14. The lowest BCUT2D eigenvalue weighted by Gasteiger charge is -2.43. The highest BCUT2D eigenvalue weighted by atomic mass is 16.5. The summed E-state index contributed by atoms with van der Waals surface area (Å²) in [4.78, 5) is 125. The molecule has 2 fully saturated rings. The van der Waals surface area contributed by atoms with Crippen molar-refractivity contribution in [2.24, 2.45) is 23.7 Å². The monoisotopic (exact) mass is 1060 g/mol. The summed E-state index contributed by atoms with van der Waals surface area (Å²) in [5.74, 6) is -4.94. The van der Waals surface area contributed by atoms with Gasteiger partial charge < -0.3 is 24.4 Å². The number of nitrogens with zero attached hydrogens (tertiary/aromatic N) is 4. The molecule has 10 atom stereocenters. The third kappa shape index (κ3) is 16.5. The van der Waals surface area contributed by atoms with Crippen LogP contribution in [0.3, 0.4) is 0 Å². The predicted octanol–water partition coefficient (Wildman–Crippen LogP) is 4.02. The fourth-order valence-corrected chi connectivity index (χ4v) is 11.3. The number of hydrogen-bond donors (Lipinski definition) is 4. The summed E-state index contributed by atoms with van der Waals surface area (Å²) in [5.41, 5.74) is 4.58. The van der Waals surface area contributed by atoms with Crippen LogP contribution in [0.25, 0.3) is 0 Å². The van der Waals surface area contributed by atoms with Crippen LogP contribution in [0.4, 0.5) is 0 Å². The van der Waals surface area contributed by atoms with E-state index in [0.717, 1.165) is 10.5 Å². The number of likely N-dealkylation sites (N-methyl/N-ethyl adjacent to an activating group) is 2. The normalized spacial score (nSPS) is 21.1. The number of carbonyl (C=O) groups is 9. The van der Waals surface area contributed by atoms with Crippen LogP contribution in [0.15, 0.2) is 42.5 Å². The van der Waals surface area contributed by atoms with E-state index in [4.69, 9.17) is 14.2 Å². The van der Waals surface area contributed by atoms with Crippen molar-refractivity contribution >= 4 is 53.2 Å². The second kappa shape index (κ2) is 29.8. The molecule has 424 valence electrons. The Morgan fingerprint density at radius 2 is 1.38 bits per heavy atom. The van der Waals surface area contributed by atoms with E-state index in [1.165, 1.54) is 19.3 Å². The maximum absolute atomic E-state index is 14.6. The van der Waals surface area contributed by atoms with Gasteiger partial charge in [-0.25, -0.2) is 4.79 Å². The molecular weight excluding hydrogens is 977 g/mol. The summed E-state index contributed by atoms with van der Waals surface area (Å²) in [6.07, 6.45) is 5.80. The summed E-state index contributed by atoms with van der Waals surface area (Å²) in [6.45, 7) is 16.4. The summed E-state index contributed by atoms with van der Waals surface area (Å²) in [7, 11) is 6.67. The first-order valence-electron chi connectivity index (χ1n) is 27.4. The summed E-state index contributed by atoms with van der Waals surface area (Å²) in [5, 5.41) is 5.75. The quantitative estimate of drug-likeness (QED) is 0.0356. The zero-order chi connectivity index (χ0) is 56.4. The Kier molecular flexibility index (Phi) is 24.7. The number of benzene rings is 1. The van der Waals surface area contributed by atoms with Crippen LogP contribution in [-0.4, -0.2) is 169 Å². The molecular formula is C56H88N8O12. The van der Waals surface area contributed by atoms with Crippen molar-refractivity contribution in [1.82, 2.24) is 41.1 Å². The fraction of sp³-hybridized carbons (Fsp3) is 0.696. The summed E-state index contributed by atoms with van der Waals surface area (Å²) >= 11 is 0. The zero-order valence-electron chi connectivity index (χ0n) is 47.2. The number of imide groups is 2. The molecule has 1 saturated heterocycles. The molecule has 20 nitrogen and oxygen atoms in total. The molecule has 1 aromatic rings.